The van der Waals surface area contributed by atoms with Crippen LogP contribution in [0.4, 0.5) is 0 Å². The lowest BCUT2D eigenvalue weighted by molar-refractivity contribution is -0.183. The van der Waals surface area contributed by atoms with E-state index >= 15 is 0 Å². The van der Waals surface area contributed by atoms with Gasteiger partial charge >= 0.3 is 23.9 Å². The predicted octanol–water partition coefficient (Wildman–Crippen LogP) is 1.53. The number of carboxylic acids is 2. The third kappa shape index (κ3) is 7.53. The summed E-state index contributed by atoms with van der Waals surface area (Å²) < 4.78 is 14.3. The molecule has 0 saturated carbocycles. The van der Waals surface area contributed by atoms with E-state index in [4.69, 9.17) is 4.74 Å². The fourth-order valence-electron chi connectivity index (χ4n) is 2.58. The highest BCUT2D eigenvalue weighted by atomic mass is 16.6. The molecule has 0 aromatic heterocycles. The van der Waals surface area contributed by atoms with Crippen LogP contribution in [0.3, 0.4) is 0 Å². The quantitative estimate of drug-likeness (QED) is 0.184. The zero-order chi connectivity index (χ0) is 26.1. The molecule has 2 atom stereocenters. The van der Waals surface area contributed by atoms with Gasteiger partial charge in [-0.2, -0.15) is 0 Å². The van der Waals surface area contributed by atoms with Gasteiger partial charge in [-0.05, 0) is 47.5 Å². The van der Waals surface area contributed by atoms with Crippen molar-refractivity contribution in [3.05, 3.63) is 59.7 Å². The standard InChI is InChI=1S/C23H20O12/c1-33-17-11-13(3-7-15(17)25)5-9-19(28)35-21(23(31)32)20(22(29)30)34-18(27)8-4-12-2-6-14(24)16(26)10-12/h2-11,20-21,24-26H,1H3,(H,29,30)(H,31,32)/b8-4+,9-5+/t20-,21+/m1/s1. The molecule has 0 amide bonds. The van der Waals surface area contributed by atoms with E-state index in [0.29, 0.717) is 5.56 Å². The molecule has 2 rings (SSSR count). The molecule has 5 N–H and O–H groups in total. The number of aromatic hydroxyl groups is 3. The van der Waals surface area contributed by atoms with Crippen LogP contribution >= 0.6 is 0 Å². The van der Waals surface area contributed by atoms with Gasteiger partial charge in [0.2, 0.25) is 12.2 Å². The smallest absolute Gasteiger partial charge is 0.349 e. The summed E-state index contributed by atoms with van der Waals surface area (Å²) in [4.78, 5) is 47.2. The number of methoxy groups -OCH3 is 1. The number of aliphatic carboxylic acids is 2. The molecule has 12 heteroatoms. The number of benzene rings is 2. The van der Waals surface area contributed by atoms with Gasteiger partial charge in [0.1, 0.15) is 0 Å². The number of carbonyl (C=O) groups is 4. The van der Waals surface area contributed by atoms with Gasteiger partial charge in [0, 0.05) is 12.2 Å². The molecule has 35 heavy (non-hydrogen) atoms. The number of ether oxygens (including phenoxy) is 3. The summed E-state index contributed by atoms with van der Waals surface area (Å²) in [6.45, 7) is 0. The predicted molar refractivity (Wildman–Crippen MR) is 118 cm³/mol. The first kappa shape index (κ1) is 26.3. The van der Waals surface area contributed by atoms with Crippen molar-refractivity contribution in [2.75, 3.05) is 7.11 Å². The molecule has 2 aromatic carbocycles. The van der Waals surface area contributed by atoms with E-state index in [0.717, 1.165) is 30.4 Å². The Bertz CT molecular complexity index is 1180. The van der Waals surface area contributed by atoms with E-state index in [-0.39, 0.29) is 17.1 Å². The lowest BCUT2D eigenvalue weighted by atomic mass is 10.2. The Labute approximate surface area is 197 Å². The van der Waals surface area contributed by atoms with Crippen molar-refractivity contribution >= 4 is 36.0 Å². The van der Waals surface area contributed by atoms with Crippen molar-refractivity contribution in [1.82, 2.24) is 0 Å². The maximum atomic E-state index is 12.1. The van der Waals surface area contributed by atoms with E-state index in [1.54, 1.807) is 0 Å². The Morgan fingerprint density at radius 3 is 1.60 bits per heavy atom. The molecule has 0 aliphatic rings. The van der Waals surface area contributed by atoms with Crippen molar-refractivity contribution in [3.63, 3.8) is 0 Å². The average Bonchev–Trinajstić information content (AvgIpc) is 2.81. The van der Waals surface area contributed by atoms with Crippen LogP contribution in [-0.2, 0) is 28.7 Å². The van der Waals surface area contributed by atoms with Gasteiger partial charge in [0.15, 0.2) is 23.0 Å². The summed E-state index contributed by atoms with van der Waals surface area (Å²) in [7, 11) is 1.31. The number of phenolic OH excluding ortho intramolecular Hbond substituents is 3. The van der Waals surface area contributed by atoms with Crippen molar-refractivity contribution < 1.29 is 58.9 Å². The normalized spacial score (nSPS) is 12.7. The van der Waals surface area contributed by atoms with Crippen LogP contribution in [0.5, 0.6) is 23.0 Å². The van der Waals surface area contributed by atoms with Gasteiger partial charge in [-0.15, -0.1) is 0 Å². The SMILES string of the molecule is COc1cc(/C=C/C(=O)O[C@H](C(=O)O)[C@@H](OC(=O)/C=C/c2ccc(O)c(O)c2)C(=O)O)ccc1O. The molecule has 184 valence electrons. The highest BCUT2D eigenvalue weighted by molar-refractivity contribution is 5.93. The van der Waals surface area contributed by atoms with Crippen LogP contribution in [0.25, 0.3) is 12.2 Å². The molecule has 0 fully saturated rings. The van der Waals surface area contributed by atoms with Gasteiger partial charge in [-0.3, -0.25) is 0 Å². The van der Waals surface area contributed by atoms with E-state index in [2.05, 4.69) is 9.47 Å². The molecule has 0 bridgehead atoms. The largest absolute Gasteiger partial charge is 0.504 e. The first-order valence-electron chi connectivity index (χ1n) is 9.63. The zero-order valence-corrected chi connectivity index (χ0v) is 18.0. The lowest BCUT2D eigenvalue weighted by Gasteiger charge is -2.19. The van der Waals surface area contributed by atoms with E-state index in [1.807, 2.05) is 0 Å². The molecular formula is C23H20O12. The first-order chi connectivity index (χ1) is 16.5. The average molecular weight is 488 g/mol. The number of hydrogen-bond donors (Lipinski definition) is 5. The molecule has 0 saturated heterocycles. The van der Waals surface area contributed by atoms with Crippen molar-refractivity contribution in [3.8, 4) is 23.0 Å². The van der Waals surface area contributed by atoms with E-state index < -0.39 is 47.6 Å². The highest BCUT2D eigenvalue weighted by Crippen LogP contribution is 2.27. The number of carbonyl (C=O) groups excluding carboxylic acids is 2. The first-order valence-corrected chi connectivity index (χ1v) is 9.63. The van der Waals surface area contributed by atoms with E-state index in [1.165, 1.54) is 37.5 Å². The maximum absolute atomic E-state index is 12.1. The Balaban J connectivity index is 2.12. The van der Waals surface area contributed by atoms with Gasteiger partial charge in [0.25, 0.3) is 0 Å². The molecule has 2 aromatic rings. The highest BCUT2D eigenvalue weighted by Gasteiger charge is 2.40. The lowest BCUT2D eigenvalue weighted by Crippen LogP contribution is -2.45. The van der Waals surface area contributed by atoms with Crippen LogP contribution in [0.1, 0.15) is 11.1 Å². The number of phenols is 3. The fraction of sp³-hybridized carbons (Fsp3) is 0.130. The summed E-state index contributed by atoms with van der Waals surface area (Å²) in [5.74, 6) is -7.22. The second-order valence-corrected chi connectivity index (χ2v) is 6.74. The number of hydrogen-bond acceptors (Lipinski definition) is 10. The third-order valence-electron chi connectivity index (χ3n) is 4.27. The van der Waals surface area contributed by atoms with Crippen LogP contribution in [-0.4, -0.2) is 68.7 Å². The molecular weight excluding hydrogens is 468 g/mol. The molecule has 0 radical (unpaired) electrons. The summed E-state index contributed by atoms with van der Waals surface area (Å²) >= 11 is 0. The Hall–Kier alpha value is -5.00. The molecule has 12 nitrogen and oxygen atoms in total. The van der Waals surface area contributed by atoms with Crippen LogP contribution in [0.2, 0.25) is 0 Å². The van der Waals surface area contributed by atoms with Gasteiger partial charge in [-0.25, -0.2) is 19.2 Å². The topological polar surface area (TPSA) is 197 Å². The molecule has 0 aliphatic heterocycles. The van der Waals surface area contributed by atoms with Crippen molar-refractivity contribution in [1.29, 1.82) is 0 Å². The summed E-state index contributed by atoms with van der Waals surface area (Å²) in [6.07, 6.45) is -0.907. The van der Waals surface area contributed by atoms with Crippen LogP contribution in [0, 0.1) is 0 Å². The zero-order valence-electron chi connectivity index (χ0n) is 18.0. The monoisotopic (exact) mass is 488 g/mol. The summed E-state index contributed by atoms with van der Waals surface area (Å²) in [5.41, 5.74) is 0.608. The van der Waals surface area contributed by atoms with Crippen molar-refractivity contribution in [2.45, 2.75) is 12.2 Å². The molecule has 0 aliphatic carbocycles. The van der Waals surface area contributed by atoms with Gasteiger partial charge < -0.3 is 39.7 Å². The maximum Gasteiger partial charge on any atom is 0.349 e. The van der Waals surface area contributed by atoms with Gasteiger partial charge in [0.05, 0.1) is 7.11 Å². The molecule has 0 heterocycles. The minimum atomic E-state index is -2.39. The molecule has 0 spiro atoms. The fourth-order valence-corrected chi connectivity index (χ4v) is 2.58. The second kappa shape index (κ2) is 11.7. The third-order valence-corrected chi connectivity index (χ3v) is 4.27. The summed E-state index contributed by atoms with van der Waals surface area (Å²) in [6, 6.07) is 7.64. The van der Waals surface area contributed by atoms with Crippen LogP contribution < -0.4 is 4.74 Å². The van der Waals surface area contributed by atoms with Gasteiger partial charge in [-0.1, -0.05) is 12.1 Å². The Morgan fingerprint density at radius 1 is 0.714 bits per heavy atom. The van der Waals surface area contributed by atoms with Crippen LogP contribution in [0.15, 0.2) is 48.6 Å². The molecule has 0 unspecified atom stereocenters. The minimum absolute atomic E-state index is 0.109. The number of esters is 2. The minimum Gasteiger partial charge on any atom is -0.504 e. The Morgan fingerprint density at radius 2 is 1.17 bits per heavy atom. The number of carboxylic acid groups (broad SMARTS) is 2. The summed E-state index contributed by atoms with van der Waals surface area (Å²) in [5, 5.41) is 47.0. The van der Waals surface area contributed by atoms with Crippen molar-refractivity contribution in [2.24, 2.45) is 0 Å². The number of rotatable bonds is 10. The Kier molecular flexibility index (Phi) is 8.81. The second-order valence-electron chi connectivity index (χ2n) is 6.74. The van der Waals surface area contributed by atoms with E-state index in [9.17, 15) is 44.7 Å².